The number of nitrogens with one attached hydrogen (secondary N) is 1. The molecule has 2 aliphatic rings. The van der Waals surface area contributed by atoms with Crippen LogP contribution in [-0.2, 0) is 0 Å². The molecule has 1 N–H and O–H groups in total. The lowest BCUT2D eigenvalue weighted by Crippen LogP contribution is -2.33. The highest BCUT2D eigenvalue weighted by Gasteiger charge is 2.30. The molecule has 6 rings (SSSR count). The van der Waals surface area contributed by atoms with Gasteiger partial charge in [-0.05, 0) is 43.2 Å². The van der Waals surface area contributed by atoms with Crippen LogP contribution in [0.25, 0.3) is 16.6 Å². The van der Waals surface area contributed by atoms with Crippen LogP contribution in [0.3, 0.4) is 0 Å². The zero-order valence-corrected chi connectivity index (χ0v) is 15.2. The first-order chi connectivity index (χ1) is 13.4. The summed E-state index contributed by atoms with van der Waals surface area (Å²) in [7, 11) is 0. The molecule has 6 heteroatoms. The van der Waals surface area contributed by atoms with Gasteiger partial charge in [0.15, 0.2) is 5.82 Å². The predicted molar refractivity (Wildman–Crippen MR) is 105 cm³/mol. The number of aromatic amines is 1. The van der Waals surface area contributed by atoms with E-state index in [0.29, 0.717) is 11.8 Å². The number of hydrogen-bond donors (Lipinski definition) is 1. The zero-order chi connectivity index (χ0) is 17.8. The molecule has 1 saturated heterocycles. The molecule has 1 aliphatic heterocycles. The van der Waals surface area contributed by atoms with Gasteiger partial charge < -0.3 is 9.88 Å². The van der Waals surface area contributed by atoms with Gasteiger partial charge in [0.2, 0.25) is 5.65 Å². The molecule has 2 fully saturated rings. The van der Waals surface area contributed by atoms with Crippen molar-refractivity contribution in [3.8, 4) is 0 Å². The van der Waals surface area contributed by atoms with Gasteiger partial charge in [-0.25, -0.2) is 4.98 Å². The molecule has 6 nitrogen and oxygen atoms in total. The summed E-state index contributed by atoms with van der Waals surface area (Å²) in [5.74, 6) is 3.26. The summed E-state index contributed by atoms with van der Waals surface area (Å²) in [6.45, 7) is 2.00. The van der Waals surface area contributed by atoms with E-state index in [1.54, 1.807) is 0 Å². The van der Waals surface area contributed by atoms with Crippen LogP contribution in [0.2, 0.25) is 0 Å². The Labute approximate surface area is 157 Å². The molecule has 3 aromatic heterocycles. The quantitative estimate of drug-likeness (QED) is 0.604. The van der Waals surface area contributed by atoms with Crippen LogP contribution < -0.4 is 4.90 Å². The lowest BCUT2D eigenvalue weighted by atomic mass is 9.89. The summed E-state index contributed by atoms with van der Waals surface area (Å²) >= 11 is 0. The Morgan fingerprint density at radius 3 is 2.67 bits per heavy atom. The second-order valence-corrected chi connectivity index (χ2v) is 7.83. The Hall–Kier alpha value is -2.89. The van der Waals surface area contributed by atoms with Gasteiger partial charge in [0.25, 0.3) is 0 Å². The van der Waals surface area contributed by atoms with Gasteiger partial charge >= 0.3 is 0 Å². The minimum Gasteiger partial charge on any atom is -0.361 e. The fraction of sp³-hybridized carbons (Fsp3) is 0.381. The average Bonchev–Trinajstić information content (AvgIpc) is 3.33. The molecular formula is C21H22N6. The number of benzene rings is 1. The van der Waals surface area contributed by atoms with Crippen molar-refractivity contribution < 1.29 is 0 Å². The summed E-state index contributed by atoms with van der Waals surface area (Å²) in [6.07, 6.45) is 10.8. The number of rotatable bonds is 3. The lowest BCUT2D eigenvalue weighted by Gasteiger charge is -2.32. The first-order valence-electron chi connectivity index (χ1n) is 9.89. The minimum atomic E-state index is 0.586. The predicted octanol–water partition coefficient (Wildman–Crippen LogP) is 3.87. The fourth-order valence-electron chi connectivity index (χ4n) is 4.51. The van der Waals surface area contributed by atoms with Crippen LogP contribution >= 0.6 is 0 Å². The van der Waals surface area contributed by atoms with Crippen molar-refractivity contribution in [2.24, 2.45) is 0 Å². The molecule has 0 amide bonds. The van der Waals surface area contributed by atoms with Crippen LogP contribution in [0.1, 0.15) is 48.9 Å². The maximum absolute atomic E-state index is 4.66. The largest absolute Gasteiger partial charge is 0.361 e. The van der Waals surface area contributed by atoms with Crippen molar-refractivity contribution in [3.05, 3.63) is 54.2 Å². The van der Waals surface area contributed by atoms with Crippen LogP contribution in [0.4, 0.5) is 5.82 Å². The molecule has 0 spiro atoms. The molecule has 1 aliphatic carbocycles. The third-order valence-electron chi connectivity index (χ3n) is 6.13. The van der Waals surface area contributed by atoms with E-state index in [-0.39, 0.29) is 0 Å². The molecule has 0 unspecified atom stereocenters. The molecule has 136 valence electrons. The average molecular weight is 358 g/mol. The molecular weight excluding hydrogens is 336 g/mol. The summed E-state index contributed by atoms with van der Waals surface area (Å²) in [5.41, 5.74) is 3.59. The van der Waals surface area contributed by atoms with Gasteiger partial charge in [-0.15, -0.1) is 10.2 Å². The SMILES string of the molecule is c1ccc2c(C3CCN(c4nccn5c(C6CC6)nnc45)CC3)c[nH]c2c1. The van der Waals surface area contributed by atoms with E-state index in [9.17, 15) is 0 Å². The number of para-hydroxylation sites is 1. The van der Waals surface area contributed by atoms with E-state index in [1.807, 2.05) is 12.4 Å². The minimum absolute atomic E-state index is 0.586. The summed E-state index contributed by atoms with van der Waals surface area (Å²) in [5, 5.41) is 10.3. The standard InChI is InChI=1S/C21H22N6/c1-2-4-18-16(3-1)17(13-23-18)14-7-10-26(11-8-14)20-21-25-24-19(15-5-6-15)27(21)12-9-22-20/h1-4,9,12-15,23H,5-8,10-11H2. The van der Waals surface area contributed by atoms with E-state index in [0.717, 1.165) is 43.2 Å². The molecule has 0 bridgehead atoms. The number of H-pyrrole nitrogens is 1. The van der Waals surface area contributed by atoms with Crippen molar-refractivity contribution in [1.29, 1.82) is 0 Å². The molecule has 0 radical (unpaired) electrons. The number of hydrogen-bond acceptors (Lipinski definition) is 4. The van der Waals surface area contributed by atoms with Crippen molar-refractivity contribution in [2.45, 2.75) is 37.5 Å². The Morgan fingerprint density at radius 1 is 0.963 bits per heavy atom. The molecule has 4 aromatic rings. The van der Waals surface area contributed by atoms with E-state index in [1.165, 1.54) is 29.3 Å². The van der Waals surface area contributed by atoms with Crippen LogP contribution in [0.15, 0.2) is 42.9 Å². The zero-order valence-electron chi connectivity index (χ0n) is 15.2. The van der Waals surface area contributed by atoms with Gasteiger partial charge in [-0.1, -0.05) is 18.2 Å². The van der Waals surface area contributed by atoms with Gasteiger partial charge in [0, 0.05) is 48.5 Å². The van der Waals surface area contributed by atoms with Crippen LogP contribution in [0.5, 0.6) is 0 Å². The lowest BCUT2D eigenvalue weighted by molar-refractivity contribution is 0.505. The van der Waals surface area contributed by atoms with Gasteiger partial charge in [-0.2, -0.15) is 0 Å². The summed E-state index contributed by atoms with van der Waals surface area (Å²) in [4.78, 5) is 10.5. The second-order valence-electron chi connectivity index (χ2n) is 7.83. The maximum Gasteiger partial charge on any atom is 0.203 e. The fourth-order valence-corrected chi connectivity index (χ4v) is 4.51. The van der Waals surface area contributed by atoms with E-state index >= 15 is 0 Å². The van der Waals surface area contributed by atoms with Crippen LogP contribution in [0, 0.1) is 0 Å². The first-order valence-corrected chi connectivity index (χ1v) is 9.89. The van der Waals surface area contributed by atoms with E-state index in [4.69, 9.17) is 0 Å². The molecule has 0 atom stereocenters. The van der Waals surface area contributed by atoms with Crippen molar-refractivity contribution in [2.75, 3.05) is 18.0 Å². The Bertz CT molecular complexity index is 1110. The number of nitrogens with zero attached hydrogens (tertiary/aromatic N) is 5. The van der Waals surface area contributed by atoms with E-state index in [2.05, 4.69) is 59.9 Å². The molecule has 4 heterocycles. The topological polar surface area (TPSA) is 62.1 Å². The van der Waals surface area contributed by atoms with Gasteiger partial charge in [0.1, 0.15) is 5.82 Å². The highest BCUT2D eigenvalue weighted by molar-refractivity contribution is 5.83. The monoisotopic (exact) mass is 358 g/mol. The normalized spacial score (nSPS) is 18.6. The molecule has 1 saturated carbocycles. The van der Waals surface area contributed by atoms with Gasteiger partial charge in [-0.3, -0.25) is 4.40 Å². The molecule has 1 aromatic carbocycles. The van der Waals surface area contributed by atoms with Crippen molar-refractivity contribution in [1.82, 2.24) is 24.6 Å². The second kappa shape index (κ2) is 5.81. The van der Waals surface area contributed by atoms with Gasteiger partial charge in [0.05, 0.1) is 0 Å². The van der Waals surface area contributed by atoms with Crippen LogP contribution in [-0.4, -0.2) is 37.7 Å². The number of anilines is 1. The maximum atomic E-state index is 4.66. The third-order valence-corrected chi connectivity index (χ3v) is 6.13. The highest BCUT2D eigenvalue weighted by atomic mass is 15.3. The number of fused-ring (bicyclic) bond motifs is 2. The number of aromatic nitrogens is 5. The number of piperidine rings is 1. The summed E-state index contributed by atoms with van der Waals surface area (Å²) in [6, 6.07) is 8.60. The summed E-state index contributed by atoms with van der Waals surface area (Å²) < 4.78 is 2.14. The van der Waals surface area contributed by atoms with E-state index < -0.39 is 0 Å². The smallest absolute Gasteiger partial charge is 0.203 e. The first kappa shape index (κ1) is 15.2. The molecule has 27 heavy (non-hydrogen) atoms. The Morgan fingerprint density at radius 2 is 1.81 bits per heavy atom. The van der Waals surface area contributed by atoms with Crippen molar-refractivity contribution in [3.63, 3.8) is 0 Å². The Balaban J connectivity index is 1.27. The Kier molecular flexibility index (Phi) is 3.27. The van der Waals surface area contributed by atoms with Crippen molar-refractivity contribution >= 4 is 22.4 Å². The third kappa shape index (κ3) is 2.43. The highest BCUT2D eigenvalue weighted by Crippen LogP contribution is 2.40.